The normalized spacial score (nSPS) is 12.4. The van der Waals surface area contributed by atoms with Crippen molar-refractivity contribution < 1.29 is 13.6 Å². The lowest BCUT2D eigenvalue weighted by Crippen LogP contribution is -2.29. The van der Waals surface area contributed by atoms with E-state index < -0.39 is 18.0 Å². The molecule has 0 aliphatic heterocycles. The van der Waals surface area contributed by atoms with Gasteiger partial charge in [-0.3, -0.25) is 14.5 Å². The average Bonchev–Trinajstić information content (AvgIpc) is 2.88. The highest BCUT2D eigenvalue weighted by molar-refractivity contribution is 5.92. The van der Waals surface area contributed by atoms with Crippen LogP contribution < -0.4 is 5.32 Å². The highest BCUT2D eigenvalue weighted by atomic mass is 19.3. The summed E-state index contributed by atoms with van der Waals surface area (Å²) in [5.74, 6) is -0.430. The Bertz CT molecular complexity index is 613. The van der Waals surface area contributed by atoms with E-state index in [1.54, 1.807) is 12.4 Å². The van der Waals surface area contributed by atoms with Crippen LogP contribution in [-0.4, -0.2) is 20.7 Å². The molecule has 0 radical (unpaired) electrons. The highest BCUT2D eigenvalue weighted by Gasteiger charge is 2.20. The number of nitrogens with zero attached hydrogens (tertiary/aromatic N) is 3. The number of aryl methyl sites for hydroxylation is 1. The largest absolute Gasteiger partial charge is 0.344 e. The van der Waals surface area contributed by atoms with E-state index in [0.29, 0.717) is 6.42 Å². The first-order valence-electron chi connectivity index (χ1n) is 6.55. The molecule has 0 aromatic carbocycles. The topological polar surface area (TPSA) is 59.8 Å². The maximum atomic E-state index is 12.6. The van der Waals surface area contributed by atoms with E-state index in [1.165, 1.54) is 7.05 Å². The molecule has 0 fully saturated rings. The first-order chi connectivity index (χ1) is 10.0. The molecule has 1 amide bonds. The van der Waals surface area contributed by atoms with Crippen molar-refractivity contribution in [2.75, 3.05) is 0 Å². The number of rotatable bonds is 5. The second-order valence-corrected chi connectivity index (χ2v) is 4.59. The molecule has 1 N–H and O–H groups in total. The van der Waals surface area contributed by atoms with E-state index in [4.69, 9.17) is 0 Å². The smallest absolute Gasteiger partial charge is 0.282 e. The van der Waals surface area contributed by atoms with E-state index in [-0.39, 0.29) is 11.7 Å². The van der Waals surface area contributed by atoms with Gasteiger partial charge in [0, 0.05) is 19.4 Å². The van der Waals surface area contributed by atoms with E-state index in [9.17, 15) is 13.6 Å². The Morgan fingerprint density at radius 3 is 2.57 bits per heavy atom. The summed E-state index contributed by atoms with van der Waals surface area (Å²) in [6.45, 7) is 1.93. The van der Waals surface area contributed by atoms with Crippen LogP contribution in [0.25, 0.3) is 0 Å². The van der Waals surface area contributed by atoms with Gasteiger partial charge in [0.25, 0.3) is 12.3 Å². The lowest BCUT2D eigenvalue weighted by atomic mass is 10.1. The third-order valence-electron chi connectivity index (χ3n) is 3.18. The number of nitrogens with one attached hydrogen (secondary N) is 1. The summed E-state index contributed by atoms with van der Waals surface area (Å²) in [7, 11) is 1.47. The molecule has 2 aromatic heterocycles. The average molecular weight is 294 g/mol. The van der Waals surface area contributed by atoms with E-state index in [1.807, 2.05) is 19.1 Å². The predicted molar refractivity (Wildman–Crippen MR) is 72.9 cm³/mol. The molecule has 0 unspecified atom stereocenters. The van der Waals surface area contributed by atoms with E-state index in [2.05, 4.69) is 15.4 Å². The fourth-order valence-corrected chi connectivity index (χ4v) is 2.06. The summed E-state index contributed by atoms with van der Waals surface area (Å²) in [6, 6.07) is 4.52. The fraction of sp³-hybridized carbons (Fsp3) is 0.357. The summed E-state index contributed by atoms with van der Waals surface area (Å²) in [4.78, 5) is 16.1. The minimum atomic E-state index is -2.69. The van der Waals surface area contributed by atoms with Gasteiger partial charge < -0.3 is 5.32 Å². The monoisotopic (exact) mass is 294 g/mol. The van der Waals surface area contributed by atoms with Gasteiger partial charge in [-0.2, -0.15) is 5.10 Å². The lowest BCUT2D eigenvalue weighted by Gasteiger charge is -2.17. The zero-order chi connectivity index (χ0) is 15.4. The molecule has 2 rings (SSSR count). The molecule has 2 aromatic rings. The highest BCUT2D eigenvalue weighted by Crippen LogP contribution is 2.19. The summed E-state index contributed by atoms with van der Waals surface area (Å²) in [5, 5.41) is 6.45. The Kier molecular flexibility index (Phi) is 4.62. The summed E-state index contributed by atoms with van der Waals surface area (Å²) in [6.07, 6.45) is 1.27. The Labute approximate surface area is 121 Å². The van der Waals surface area contributed by atoms with Crippen molar-refractivity contribution in [3.63, 3.8) is 0 Å². The quantitative estimate of drug-likeness (QED) is 0.922. The maximum absolute atomic E-state index is 12.6. The number of aromatic nitrogens is 3. The van der Waals surface area contributed by atoms with Crippen molar-refractivity contribution in [3.8, 4) is 0 Å². The lowest BCUT2D eigenvalue weighted by molar-refractivity contribution is 0.0926. The molecule has 2 heterocycles. The van der Waals surface area contributed by atoms with Gasteiger partial charge in [-0.05, 0) is 30.2 Å². The Balaban J connectivity index is 2.17. The number of hydrogen-bond donors (Lipinski definition) is 1. The van der Waals surface area contributed by atoms with Crippen molar-refractivity contribution in [2.45, 2.75) is 25.8 Å². The number of pyridine rings is 1. The molecular formula is C14H16F2N4O. The molecule has 0 saturated carbocycles. The molecule has 0 spiro atoms. The van der Waals surface area contributed by atoms with Crippen molar-refractivity contribution in [1.29, 1.82) is 0 Å². The van der Waals surface area contributed by atoms with Gasteiger partial charge in [0.1, 0.15) is 11.4 Å². The third-order valence-corrected chi connectivity index (χ3v) is 3.18. The molecule has 0 bridgehead atoms. The van der Waals surface area contributed by atoms with Gasteiger partial charge in [0.2, 0.25) is 0 Å². The third kappa shape index (κ3) is 3.42. The summed E-state index contributed by atoms with van der Waals surface area (Å²) >= 11 is 0. The van der Waals surface area contributed by atoms with E-state index in [0.717, 1.165) is 16.3 Å². The molecule has 7 heteroatoms. The summed E-state index contributed by atoms with van der Waals surface area (Å²) < 4.78 is 26.4. The molecule has 112 valence electrons. The zero-order valence-electron chi connectivity index (χ0n) is 11.8. The first kappa shape index (κ1) is 15.1. The second kappa shape index (κ2) is 6.43. The molecule has 1 atom stereocenters. The fourth-order valence-electron chi connectivity index (χ4n) is 2.06. The number of hydrogen-bond acceptors (Lipinski definition) is 3. The molecular weight excluding hydrogens is 278 g/mol. The predicted octanol–water partition coefficient (Wildman–Crippen LogP) is 2.63. The molecule has 21 heavy (non-hydrogen) atoms. The Morgan fingerprint density at radius 1 is 1.38 bits per heavy atom. The van der Waals surface area contributed by atoms with Crippen LogP contribution in [0.1, 0.15) is 47.6 Å². The van der Waals surface area contributed by atoms with Crippen LogP contribution in [0.3, 0.4) is 0 Å². The van der Waals surface area contributed by atoms with Gasteiger partial charge in [-0.1, -0.05) is 6.92 Å². The van der Waals surface area contributed by atoms with Crippen molar-refractivity contribution >= 4 is 5.91 Å². The molecule has 0 aliphatic rings. The van der Waals surface area contributed by atoms with Crippen molar-refractivity contribution in [3.05, 3.63) is 47.5 Å². The SMILES string of the molecule is CC[C@@H](NC(=O)c1cc(C(F)F)nn1C)c1ccncc1. The van der Waals surface area contributed by atoms with Crippen LogP contribution in [0.5, 0.6) is 0 Å². The van der Waals surface area contributed by atoms with Gasteiger partial charge in [-0.15, -0.1) is 0 Å². The molecule has 0 saturated heterocycles. The minimum absolute atomic E-state index is 0.109. The van der Waals surface area contributed by atoms with Crippen LogP contribution in [0.15, 0.2) is 30.6 Å². The minimum Gasteiger partial charge on any atom is -0.344 e. The maximum Gasteiger partial charge on any atom is 0.282 e. The van der Waals surface area contributed by atoms with Gasteiger partial charge in [-0.25, -0.2) is 8.78 Å². The van der Waals surface area contributed by atoms with Crippen molar-refractivity contribution in [2.24, 2.45) is 7.05 Å². The van der Waals surface area contributed by atoms with Gasteiger partial charge >= 0.3 is 0 Å². The van der Waals surface area contributed by atoms with Gasteiger partial charge in [0.05, 0.1) is 6.04 Å². The summed E-state index contributed by atoms with van der Waals surface area (Å²) in [5.41, 5.74) is 0.620. The van der Waals surface area contributed by atoms with Crippen LogP contribution in [0.2, 0.25) is 0 Å². The number of carbonyl (C=O) groups is 1. The zero-order valence-corrected chi connectivity index (χ0v) is 11.8. The Hall–Kier alpha value is -2.31. The molecule has 0 aliphatic carbocycles. The number of carbonyl (C=O) groups excluding carboxylic acids is 1. The van der Waals surface area contributed by atoms with Crippen LogP contribution in [-0.2, 0) is 7.05 Å². The standard InChI is InChI=1S/C14H16F2N4O/c1-3-10(9-4-6-17-7-5-9)18-14(21)12-8-11(13(15)16)19-20(12)2/h4-8,10,13H,3H2,1-2H3,(H,18,21)/t10-/m1/s1. The Morgan fingerprint density at radius 2 is 2.05 bits per heavy atom. The van der Waals surface area contributed by atoms with Crippen LogP contribution in [0.4, 0.5) is 8.78 Å². The second-order valence-electron chi connectivity index (χ2n) is 4.59. The number of amides is 1. The van der Waals surface area contributed by atoms with Crippen molar-refractivity contribution in [1.82, 2.24) is 20.1 Å². The van der Waals surface area contributed by atoms with Crippen LogP contribution >= 0.6 is 0 Å². The number of halogens is 2. The first-order valence-corrected chi connectivity index (χ1v) is 6.55. The van der Waals surface area contributed by atoms with Crippen LogP contribution in [0, 0.1) is 0 Å². The van der Waals surface area contributed by atoms with E-state index >= 15 is 0 Å². The van der Waals surface area contributed by atoms with Gasteiger partial charge in [0.15, 0.2) is 0 Å². The molecule has 5 nitrogen and oxygen atoms in total. The number of alkyl halides is 2.